The number of hydrogen-bond acceptors (Lipinski definition) is 5. The highest BCUT2D eigenvalue weighted by Gasteiger charge is 2.30. The molecular weight excluding hydrogens is 420 g/mol. The van der Waals surface area contributed by atoms with Gasteiger partial charge in [0.15, 0.2) is 5.78 Å². The molecule has 0 spiro atoms. The fourth-order valence-corrected chi connectivity index (χ4v) is 3.56. The summed E-state index contributed by atoms with van der Waals surface area (Å²) in [6.45, 7) is 0.476. The predicted octanol–water partition coefficient (Wildman–Crippen LogP) is 3.05. The quantitative estimate of drug-likeness (QED) is 0.640. The van der Waals surface area contributed by atoms with E-state index in [0.29, 0.717) is 36.5 Å². The Balaban J connectivity index is 1.47. The molecule has 31 heavy (non-hydrogen) atoms. The number of amides is 2. The molecule has 1 saturated heterocycles. The zero-order chi connectivity index (χ0) is 22.2. The van der Waals surface area contributed by atoms with Gasteiger partial charge in [0.1, 0.15) is 12.6 Å². The highest BCUT2D eigenvalue weighted by Crippen LogP contribution is 2.19. The van der Waals surface area contributed by atoms with E-state index in [2.05, 4.69) is 5.32 Å². The molecule has 1 heterocycles. The third-order valence-electron chi connectivity index (χ3n) is 5.27. The number of aliphatic hydroxyl groups is 1. The number of nitrogens with zero attached hydrogens (tertiary/aromatic N) is 1. The van der Waals surface area contributed by atoms with Crippen molar-refractivity contribution in [2.45, 2.75) is 25.5 Å². The van der Waals surface area contributed by atoms with Gasteiger partial charge in [-0.1, -0.05) is 41.9 Å². The van der Waals surface area contributed by atoms with Gasteiger partial charge in [-0.3, -0.25) is 9.59 Å². The Morgan fingerprint density at radius 2 is 1.71 bits per heavy atom. The molecule has 2 aromatic carbocycles. The molecule has 0 aromatic heterocycles. The number of carbonyl (C=O) groups is 3. The van der Waals surface area contributed by atoms with Crippen molar-refractivity contribution in [2.75, 3.05) is 19.7 Å². The fraction of sp³-hybridized carbons (Fsp3) is 0.348. The Hall–Kier alpha value is -2.90. The maximum atomic E-state index is 12.6. The summed E-state index contributed by atoms with van der Waals surface area (Å²) in [4.78, 5) is 39.0. The van der Waals surface area contributed by atoms with E-state index in [0.717, 1.165) is 5.56 Å². The van der Waals surface area contributed by atoms with E-state index < -0.39 is 18.7 Å². The van der Waals surface area contributed by atoms with E-state index in [1.54, 1.807) is 29.2 Å². The number of ketones is 1. The Bertz CT molecular complexity index is 896. The monoisotopic (exact) mass is 444 g/mol. The Morgan fingerprint density at radius 1 is 1.06 bits per heavy atom. The van der Waals surface area contributed by atoms with E-state index in [4.69, 9.17) is 16.3 Å². The van der Waals surface area contributed by atoms with Crippen LogP contribution in [0.1, 0.15) is 28.8 Å². The SMILES string of the molecule is O=C(NC(CO)C(=O)c1ccc(Cl)cc1)C1CCN(C(=O)OCc2ccccc2)CC1. The molecule has 0 bridgehead atoms. The summed E-state index contributed by atoms with van der Waals surface area (Å²) in [6, 6.07) is 14.7. The normalized spacial score (nSPS) is 15.2. The van der Waals surface area contributed by atoms with Crippen LogP contribution in [0.3, 0.4) is 0 Å². The summed E-state index contributed by atoms with van der Waals surface area (Å²) in [7, 11) is 0. The number of aliphatic hydroxyl groups excluding tert-OH is 1. The van der Waals surface area contributed by atoms with Crippen molar-refractivity contribution in [1.29, 1.82) is 0 Å². The van der Waals surface area contributed by atoms with Gasteiger partial charge < -0.3 is 20.1 Å². The highest BCUT2D eigenvalue weighted by molar-refractivity contribution is 6.30. The standard InChI is InChI=1S/C23H25ClN2O5/c24-19-8-6-17(7-9-19)21(28)20(14-27)25-22(29)18-10-12-26(13-11-18)23(30)31-15-16-4-2-1-3-5-16/h1-9,18,20,27H,10-15H2,(H,25,29). The van der Waals surface area contributed by atoms with Crippen LogP contribution in [0.25, 0.3) is 0 Å². The molecule has 1 aliphatic rings. The molecule has 8 heteroatoms. The lowest BCUT2D eigenvalue weighted by molar-refractivity contribution is -0.127. The van der Waals surface area contributed by atoms with Crippen molar-refractivity contribution in [3.8, 4) is 0 Å². The number of piperidine rings is 1. The Labute approximate surface area is 186 Å². The van der Waals surface area contributed by atoms with Gasteiger partial charge in [0.25, 0.3) is 0 Å². The van der Waals surface area contributed by atoms with E-state index in [1.807, 2.05) is 30.3 Å². The number of ether oxygens (including phenoxy) is 1. The van der Waals surface area contributed by atoms with Gasteiger partial charge in [0.05, 0.1) is 6.61 Å². The third kappa shape index (κ3) is 6.29. The second-order valence-corrected chi connectivity index (χ2v) is 7.85. The molecule has 2 aromatic rings. The third-order valence-corrected chi connectivity index (χ3v) is 5.53. The first-order valence-electron chi connectivity index (χ1n) is 10.1. The van der Waals surface area contributed by atoms with Crippen molar-refractivity contribution in [2.24, 2.45) is 5.92 Å². The largest absolute Gasteiger partial charge is 0.445 e. The number of nitrogens with one attached hydrogen (secondary N) is 1. The Morgan fingerprint density at radius 3 is 2.32 bits per heavy atom. The fourth-order valence-electron chi connectivity index (χ4n) is 3.43. The van der Waals surface area contributed by atoms with Gasteiger partial charge in [-0.05, 0) is 42.7 Å². The second-order valence-electron chi connectivity index (χ2n) is 7.42. The van der Waals surface area contributed by atoms with Crippen LogP contribution >= 0.6 is 11.6 Å². The summed E-state index contributed by atoms with van der Waals surface area (Å²) in [5.41, 5.74) is 1.27. The molecule has 3 rings (SSSR count). The maximum absolute atomic E-state index is 12.6. The highest BCUT2D eigenvalue weighted by atomic mass is 35.5. The van der Waals surface area contributed by atoms with Gasteiger partial charge in [-0.25, -0.2) is 4.79 Å². The van der Waals surface area contributed by atoms with Gasteiger partial charge in [0, 0.05) is 29.6 Å². The smallest absolute Gasteiger partial charge is 0.410 e. The van der Waals surface area contributed by atoms with Crippen LogP contribution in [0.5, 0.6) is 0 Å². The molecule has 0 aliphatic carbocycles. The minimum absolute atomic E-state index is 0.199. The van der Waals surface area contributed by atoms with Crippen LogP contribution in [0.15, 0.2) is 54.6 Å². The summed E-state index contributed by atoms with van der Waals surface area (Å²) in [6.07, 6.45) is 0.507. The maximum Gasteiger partial charge on any atom is 0.410 e. The first-order chi connectivity index (χ1) is 15.0. The van der Waals surface area contributed by atoms with Crippen LogP contribution in [-0.2, 0) is 16.1 Å². The lowest BCUT2D eigenvalue weighted by atomic mass is 9.95. The second kappa shape index (κ2) is 10.9. The van der Waals surface area contributed by atoms with Crippen molar-refractivity contribution in [3.05, 3.63) is 70.7 Å². The van der Waals surface area contributed by atoms with E-state index in [9.17, 15) is 19.5 Å². The van der Waals surface area contributed by atoms with E-state index in [1.165, 1.54) is 0 Å². The predicted molar refractivity (Wildman–Crippen MR) is 116 cm³/mol. The number of benzene rings is 2. The number of hydrogen-bond donors (Lipinski definition) is 2. The molecule has 7 nitrogen and oxygen atoms in total. The van der Waals surface area contributed by atoms with E-state index >= 15 is 0 Å². The molecule has 1 aliphatic heterocycles. The van der Waals surface area contributed by atoms with Crippen LogP contribution in [0.4, 0.5) is 4.79 Å². The lowest BCUT2D eigenvalue weighted by Gasteiger charge is -2.31. The molecule has 0 saturated carbocycles. The van der Waals surface area contributed by atoms with Crippen molar-refractivity contribution < 1.29 is 24.2 Å². The van der Waals surface area contributed by atoms with Gasteiger partial charge in [-0.2, -0.15) is 0 Å². The molecule has 164 valence electrons. The minimum Gasteiger partial charge on any atom is -0.445 e. The average Bonchev–Trinajstić information content (AvgIpc) is 2.81. The molecule has 0 radical (unpaired) electrons. The van der Waals surface area contributed by atoms with Crippen molar-refractivity contribution in [1.82, 2.24) is 10.2 Å². The molecule has 2 amide bonds. The van der Waals surface area contributed by atoms with Crippen LogP contribution in [-0.4, -0.2) is 53.5 Å². The number of rotatable bonds is 7. The van der Waals surface area contributed by atoms with Gasteiger partial charge >= 0.3 is 6.09 Å². The summed E-state index contributed by atoms with van der Waals surface area (Å²) >= 11 is 5.83. The van der Waals surface area contributed by atoms with E-state index in [-0.39, 0.29) is 24.2 Å². The zero-order valence-corrected chi connectivity index (χ0v) is 17.8. The molecular formula is C23H25ClN2O5. The van der Waals surface area contributed by atoms with Gasteiger partial charge in [0.2, 0.25) is 5.91 Å². The van der Waals surface area contributed by atoms with Gasteiger partial charge in [-0.15, -0.1) is 0 Å². The molecule has 1 fully saturated rings. The average molecular weight is 445 g/mol. The summed E-state index contributed by atoms with van der Waals surface area (Å²) in [5, 5.41) is 12.7. The molecule has 2 N–H and O–H groups in total. The number of likely N-dealkylation sites (tertiary alicyclic amines) is 1. The topological polar surface area (TPSA) is 95.9 Å². The summed E-state index contributed by atoms with van der Waals surface area (Å²) < 4.78 is 5.33. The minimum atomic E-state index is -1.03. The first-order valence-corrected chi connectivity index (χ1v) is 10.5. The first kappa shape index (κ1) is 22.8. The van der Waals surface area contributed by atoms with Crippen molar-refractivity contribution >= 4 is 29.4 Å². The van der Waals surface area contributed by atoms with Crippen molar-refractivity contribution in [3.63, 3.8) is 0 Å². The number of carbonyl (C=O) groups excluding carboxylic acids is 3. The number of halogens is 1. The van der Waals surface area contributed by atoms with Crippen LogP contribution in [0, 0.1) is 5.92 Å². The summed E-state index contributed by atoms with van der Waals surface area (Å²) in [5.74, 6) is -1.03. The van der Waals surface area contributed by atoms with Crippen LogP contribution in [0.2, 0.25) is 5.02 Å². The molecule has 1 unspecified atom stereocenters. The lowest BCUT2D eigenvalue weighted by Crippen LogP contribution is -2.48. The Kier molecular flexibility index (Phi) is 8.03. The van der Waals surface area contributed by atoms with Crippen LogP contribution < -0.4 is 5.32 Å². The molecule has 1 atom stereocenters. The zero-order valence-electron chi connectivity index (χ0n) is 17.0. The number of Topliss-reactive ketones (excluding diaryl/α,β-unsaturated/α-hetero) is 1.